The van der Waals surface area contributed by atoms with Crippen molar-refractivity contribution in [3.63, 3.8) is 0 Å². The topological polar surface area (TPSA) is 125 Å². The number of rotatable bonds is 10. The molecule has 2 unspecified atom stereocenters. The lowest BCUT2D eigenvalue weighted by molar-refractivity contribution is -0.00374. The Bertz CT molecular complexity index is 1340. The minimum Gasteiger partial charge on any atom is -0.465 e. The van der Waals surface area contributed by atoms with Gasteiger partial charge in [-0.25, -0.2) is 9.59 Å². The molecule has 0 heterocycles. The van der Waals surface area contributed by atoms with Crippen LogP contribution in [-0.4, -0.2) is 65.0 Å². The van der Waals surface area contributed by atoms with E-state index in [1.165, 1.54) is 36.3 Å². The maximum Gasteiger partial charge on any atom is 0.410 e. The number of hydrogen-bond acceptors (Lipinski definition) is 7. The number of amides is 2. The predicted molar refractivity (Wildman–Crippen MR) is 156 cm³/mol. The van der Waals surface area contributed by atoms with Crippen LogP contribution < -0.4 is 5.32 Å². The maximum absolute atomic E-state index is 13.2. The molecule has 3 N–H and O–H groups in total. The van der Waals surface area contributed by atoms with Crippen LogP contribution in [0.3, 0.4) is 0 Å². The Morgan fingerprint density at radius 2 is 1.61 bits per heavy atom. The second-order valence-corrected chi connectivity index (χ2v) is 10.9. The summed E-state index contributed by atoms with van der Waals surface area (Å²) in [5.74, 6) is -0.841. The summed E-state index contributed by atoms with van der Waals surface area (Å²) in [6.45, 7) is 4.73. The first-order chi connectivity index (χ1) is 19.4. The lowest BCUT2D eigenvalue weighted by Crippen LogP contribution is -2.48. The lowest BCUT2D eigenvalue weighted by Gasteiger charge is -2.34. The van der Waals surface area contributed by atoms with Crippen molar-refractivity contribution in [1.29, 1.82) is 0 Å². The van der Waals surface area contributed by atoms with Gasteiger partial charge >= 0.3 is 12.1 Å². The first kappa shape index (κ1) is 31.6. The van der Waals surface area contributed by atoms with Crippen molar-refractivity contribution in [2.24, 2.45) is 0 Å². The van der Waals surface area contributed by atoms with Gasteiger partial charge in [-0.05, 0) is 86.8 Å². The van der Waals surface area contributed by atoms with Gasteiger partial charge in [-0.3, -0.25) is 9.69 Å². The van der Waals surface area contributed by atoms with Crippen molar-refractivity contribution in [2.75, 3.05) is 25.6 Å². The average molecular weight is 583 g/mol. The minimum atomic E-state index is -1.06. The van der Waals surface area contributed by atoms with Crippen molar-refractivity contribution >= 4 is 35.3 Å². The standard InChI is InChI=1S/C31H35ClN2O7/c1-31(2,3)41-30(39)34(18-27(36)23-6-5-7-24(32)17-23)26(19-35)16-20-8-14-25(15-9-20)33-28(37)21-10-12-22(13-11-21)29(38)40-4/h5-15,17,26-27,35-36H,16,18-19H2,1-4H3,(H,33,37). The molecule has 3 aromatic carbocycles. The summed E-state index contributed by atoms with van der Waals surface area (Å²) in [5, 5.41) is 24.4. The zero-order valence-corrected chi connectivity index (χ0v) is 24.2. The maximum atomic E-state index is 13.2. The lowest BCUT2D eigenvalue weighted by atomic mass is 10.0. The predicted octanol–water partition coefficient (Wildman–Crippen LogP) is 5.25. The Morgan fingerprint density at radius 1 is 0.976 bits per heavy atom. The number of hydrogen-bond donors (Lipinski definition) is 3. The van der Waals surface area contributed by atoms with E-state index in [2.05, 4.69) is 10.1 Å². The molecule has 0 saturated heterocycles. The minimum absolute atomic E-state index is 0.122. The van der Waals surface area contributed by atoms with Crippen LogP contribution in [0.2, 0.25) is 5.02 Å². The molecule has 0 saturated carbocycles. The van der Waals surface area contributed by atoms with Crippen LogP contribution in [0.25, 0.3) is 0 Å². The third-order valence-corrected chi connectivity index (χ3v) is 6.37. The van der Waals surface area contributed by atoms with Gasteiger partial charge in [0.15, 0.2) is 0 Å². The van der Waals surface area contributed by atoms with E-state index in [0.29, 0.717) is 27.4 Å². The number of esters is 1. The van der Waals surface area contributed by atoms with E-state index in [0.717, 1.165) is 5.56 Å². The van der Waals surface area contributed by atoms with E-state index in [1.54, 1.807) is 69.3 Å². The molecule has 0 aliphatic heterocycles. The van der Waals surface area contributed by atoms with Gasteiger partial charge in [-0.1, -0.05) is 35.9 Å². The second-order valence-electron chi connectivity index (χ2n) is 10.5. The number of methoxy groups -OCH3 is 1. The number of aliphatic hydroxyl groups excluding tert-OH is 2. The highest BCUT2D eigenvalue weighted by atomic mass is 35.5. The van der Waals surface area contributed by atoms with Crippen molar-refractivity contribution in [1.82, 2.24) is 4.90 Å². The quantitative estimate of drug-likeness (QED) is 0.279. The summed E-state index contributed by atoms with van der Waals surface area (Å²) in [4.78, 5) is 38.7. The molecule has 10 heteroatoms. The molecular formula is C31H35ClN2O7. The van der Waals surface area contributed by atoms with E-state index in [4.69, 9.17) is 16.3 Å². The molecule has 3 rings (SSSR count). The van der Waals surface area contributed by atoms with Gasteiger partial charge in [0.05, 0.1) is 38.0 Å². The zero-order chi connectivity index (χ0) is 30.2. The normalized spacial score (nSPS) is 12.7. The highest BCUT2D eigenvalue weighted by Gasteiger charge is 2.30. The summed E-state index contributed by atoms with van der Waals surface area (Å²) < 4.78 is 10.2. The Hall–Kier alpha value is -3.92. The largest absolute Gasteiger partial charge is 0.465 e. The van der Waals surface area contributed by atoms with Crippen molar-refractivity contribution in [3.05, 3.63) is 100 Å². The third-order valence-electron chi connectivity index (χ3n) is 6.13. The molecule has 2 amide bonds. The second kappa shape index (κ2) is 14.1. The highest BCUT2D eigenvalue weighted by Crippen LogP contribution is 2.23. The van der Waals surface area contributed by atoms with Crippen molar-refractivity contribution in [3.8, 4) is 0 Å². The molecule has 0 aliphatic rings. The number of anilines is 1. The first-order valence-electron chi connectivity index (χ1n) is 13.0. The fraction of sp³-hybridized carbons (Fsp3) is 0.323. The molecule has 3 aromatic rings. The zero-order valence-electron chi connectivity index (χ0n) is 23.5. The summed E-state index contributed by atoms with van der Waals surface area (Å²) in [6, 6.07) is 19.1. The molecule has 0 aliphatic carbocycles. The van der Waals surface area contributed by atoms with Gasteiger partial charge in [0.25, 0.3) is 5.91 Å². The number of benzene rings is 3. The molecule has 2 atom stereocenters. The SMILES string of the molecule is COC(=O)c1ccc(C(=O)Nc2ccc(CC(CO)N(CC(O)c3cccc(Cl)c3)C(=O)OC(C)(C)C)cc2)cc1. The third kappa shape index (κ3) is 9.31. The van der Waals surface area contributed by atoms with Gasteiger partial charge in [0.1, 0.15) is 5.60 Å². The van der Waals surface area contributed by atoms with Gasteiger partial charge in [-0.2, -0.15) is 0 Å². The molecule has 0 spiro atoms. The van der Waals surface area contributed by atoms with Crippen LogP contribution in [0.1, 0.15) is 58.7 Å². The number of nitrogens with zero attached hydrogens (tertiary/aromatic N) is 1. The summed E-state index contributed by atoms with van der Waals surface area (Å²) in [5.41, 5.74) is 1.78. The van der Waals surface area contributed by atoms with Crippen LogP contribution in [-0.2, 0) is 15.9 Å². The van der Waals surface area contributed by atoms with E-state index < -0.39 is 29.8 Å². The smallest absolute Gasteiger partial charge is 0.410 e. The molecule has 0 aromatic heterocycles. The molecule has 9 nitrogen and oxygen atoms in total. The van der Waals surface area contributed by atoms with Crippen LogP contribution in [0.4, 0.5) is 10.5 Å². The molecular weight excluding hydrogens is 548 g/mol. The first-order valence-corrected chi connectivity index (χ1v) is 13.4. The number of ether oxygens (including phenoxy) is 2. The summed E-state index contributed by atoms with van der Waals surface area (Å²) in [7, 11) is 1.29. The number of carbonyl (C=O) groups is 3. The van der Waals surface area contributed by atoms with Gasteiger partial charge < -0.3 is 25.0 Å². The highest BCUT2D eigenvalue weighted by molar-refractivity contribution is 6.30. The molecule has 41 heavy (non-hydrogen) atoms. The average Bonchev–Trinajstić information content (AvgIpc) is 2.94. The molecule has 218 valence electrons. The Morgan fingerprint density at radius 3 is 2.17 bits per heavy atom. The van der Waals surface area contributed by atoms with E-state index >= 15 is 0 Å². The van der Waals surface area contributed by atoms with Crippen LogP contribution in [0.5, 0.6) is 0 Å². The van der Waals surface area contributed by atoms with E-state index in [9.17, 15) is 24.6 Å². The van der Waals surface area contributed by atoms with Crippen molar-refractivity contribution < 1.29 is 34.1 Å². The number of nitrogens with one attached hydrogen (secondary N) is 1. The Kier molecular flexibility index (Phi) is 10.9. The monoisotopic (exact) mass is 582 g/mol. The molecule has 0 radical (unpaired) electrons. The number of carbonyl (C=O) groups excluding carboxylic acids is 3. The van der Waals surface area contributed by atoms with E-state index in [-0.39, 0.29) is 25.5 Å². The van der Waals surface area contributed by atoms with Gasteiger partial charge in [0, 0.05) is 16.3 Å². The van der Waals surface area contributed by atoms with Crippen molar-refractivity contribution in [2.45, 2.75) is 44.9 Å². The number of aliphatic hydroxyl groups is 2. The fourth-order valence-corrected chi connectivity index (χ4v) is 4.25. The van der Waals surface area contributed by atoms with Crippen LogP contribution in [0, 0.1) is 0 Å². The fourth-order valence-electron chi connectivity index (χ4n) is 4.05. The molecule has 0 fully saturated rings. The van der Waals surface area contributed by atoms with Crippen LogP contribution in [0.15, 0.2) is 72.8 Å². The molecule has 0 bridgehead atoms. The summed E-state index contributed by atoms with van der Waals surface area (Å²) in [6.07, 6.45) is -1.46. The van der Waals surface area contributed by atoms with Crippen LogP contribution >= 0.6 is 11.6 Å². The van der Waals surface area contributed by atoms with E-state index in [1.807, 2.05) is 0 Å². The van der Waals surface area contributed by atoms with Gasteiger partial charge in [-0.15, -0.1) is 0 Å². The Balaban J connectivity index is 1.72. The number of halogens is 1. The summed E-state index contributed by atoms with van der Waals surface area (Å²) >= 11 is 6.07. The Labute approximate surface area is 244 Å². The van der Waals surface area contributed by atoms with Gasteiger partial charge in [0.2, 0.25) is 0 Å².